The first-order valence-corrected chi connectivity index (χ1v) is 7.12. The molecule has 3 nitrogen and oxygen atoms in total. The third-order valence-electron chi connectivity index (χ3n) is 3.09. The number of rotatable bonds is 6. The van der Waals surface area contributed by atoms with Gasteiger partial charge in [-0.1, -0.05) is 0 Å². The molecule has 0 unspecified atom stereocenters. The molecule has 1 N–H and O–H groups in total. The molecule has 0 aliphatic carbocycles. The minimum Gasteiger partial charge on any atom is -0.281 e. The Morgan fingerprint density at radius 3 is 0.897 bits per heavy atom. The van der Waals surface area contributed by atoms with E-state index >= 15 is 0 Å². The van der Waals surface area contributed by atoms with E-state index in [0.717, 1.165) is 0 Å². The van der Waals surface area contributed by atoms with Gasteiger partial charge in [0.15, 0.2) is 0 Å². The van der Waals surface area contributed by atoms with E-state index in [0.29, 0.717) is 0 Å². The van der Waals surface area contributed by atoms with Crippen molar-refractivity contribution >= 4 is 10.1 Å². The van der Waals surface area contributed by atoms with Gasteiger partial charge in [-0.15, -0.1) is 0 Å². The number of alkyl halides is 17. The molecule has 0 rings (SSSR count). The number of hydrogen-bond acceptors (Lipinski definition) is 2. The van der Waals surface area contributed by atoms with Crippen molar-refractivity contribution in [2.24, 2.45) is 0 Å². The van der Waals surface area contributed by atoms with Crippen LogP contribution in [0.3, 0.4) is 0 Å². The second kappa shape index (κ2) is 6.36. The van der Waals surface area contributed by atoms with Gasteiger partial charge in [-0.2, -0.15) is 78.7 Å². The van der Waals surface area contributed by atoms with Gasteiger partial charge in [0.25, 0.3) is 0 Å². The Hall–Kier alpha value is -1.28. The maximum atomic E-state index is 13.1. The van der Waals surface area contributed by atoms with E-state index in [1.807, 2.05) is 0 Å². The molecule has 29 heavy (non-hydrogen) atoms. The Morgan fingerprint density at radius 2 is 0.690 bits per heavy atom. The Morgan fingerprint density at radius 1 is 0.448 bits per heavy atom. The summed E-state index contributed by atoms with van der Waals surface area (Å²) in [5, 5.41) is -7.88. The average Bonchev–Trinajstić information content (AvgIpc) is 2.41. The van der Waals surface area contributed by atoms with Crippen LogP contribution in [-0.2, 0) is 10.1 Å². The first-order valence-electron chi connectivity index (χ1n) is 5.68. The average molecular weight is 500 g/mol. The number of hydrogen-bond donors (Lipinski definition) is 1. The summed E-state index contributed by atoms with van der Waals surface area (Å²) in [6.07, 6.45) is -16.5. The molecule has 0 aliphatic heterocycles. The zero-order chi connectivity index (χ0) is 24.5. The smallest absolute Gasteiger partial charge is 0.281 e. The quantitative estimate of drug-likeness (QED) is 0.420. The molecule has 0 aromatic heterocycles. The molecule has 0 amide bonds. The van der Waals surface area contributed by atoms with Crippen LogP contribution < -0.4 is 0 Å². The van der Waals surface area contributed by atoms with Crippen molar-refractivity contribution in [3.63, 3.8) is 0 Å². The van der Waals surface area contributed by atoms with E-state index in [4.69, 9.17) is 4.55 Å². The van der Waals surface area contributed by atoms with Crippen LogP contribution in [0.2, 0.25) is 0 Å². The van der Waals surface area contributed by atoms with Crippen LogP contribution in [0.1, 0.15) is 0 Å². The predicted molar refractivity (Wildman–Crippen MR) is 52.2 cm³/mol. The molecule has 21 heteroatoms. The van der Waals surface area contributed by atoms with Crippen LogP contribution >= 0.6 is 0 Å². The largest absolute Gasteiger partial charge is 0.438 e. The molecule has 0 aromatic rings. The van der Waals surface area contributed by atoms with Crippen molar-refractivity contribution in [2.45, 2.75) is 47.0 Å². The Kier molecular flexibility index (Phi) is 6.08. The van der Waals surface area contributed by atoms with Gasteiger partial charge in [-0.05, 0) is 0 Å². The molecule has 0 atom stereocenters. The molecule has 0 heterocycles. The minimum atomic E-state index is -8.99. The lowest BCUT2D eigenvalue weighted by Gasteiger charge is -2.43. The van der Waals surface area contributed by atoms with Gasteiger partial charge in [-0.25, -0.2) is 4.39 Å². The Bertz CT molecular complexity index is 715. The van der Waals surface area contributed by atoms with Crippen molar-refractivity contribution in [1.29, 1.82) is 0 Å². The van der Waals surface area contributed by atoms with Crippen LogP contribution in [0.5, 0.6) is 0 Å². The van der Waals surface area contributed by atoms with Gasteiger partial charge in [0, 0.05) is 0 Å². The first-order chi connectivity index (χ1) is 12.0. The highest BCUT2D eigenvalue weighted by atomic mass is 32.2. The lowest BCUT2D eigenvalue weighted by Crippen LogP contribution is -2.77. The third-order valence-corrected chi connectivity index (χ3v) is 3.99. The first kappa shape index (κ1) is 27.7. The summed E-state index contributed by atoms with van der Waals surface area (Å²) in [4.78, 5) is 0. The molecule has 0 aliphatic rings. The van der Waals surface area contributed by atoms with Gasteiger partial charge in [0.2, 0.25) is 0 Å². The molecular formula is C8HF17O3S. The molecular weight excluding hydrogens is 499 g/mol. The van der Waals surface area contributed by atoms with Crippen LogP contribution in [0, 0.1) is 0 Å². The zero-order valence-corrected chi connectivity index (χ0v) is 12.9. The summed E-state index contributed by atoms with van der Waals surface area (Å²) in [5.41, 5.74) is -8.72. The van der Waals surface area contributed by atoms with E-state index in [-0.39, 0.29) is 0 Å². The summed E-state index contributed by atoms with van der Waals surface area (Å²) in [6.45, 7) is 0. The van der Waals surface area contributed by atoms with Crippen LogP contribution in [0.4, 0.5) is 74.6 Å². The third kappa shape index (κ3) is 3.26. The fraction of sp³-hybridized carbons (Fsp3) is 1.00. The molecule has 176 valence electrons. The van der Waals surface area contributed by atoms with E-state index in [1.54, 1.807) is 0 Å². The van der Waals surface area contributed by atoms with Crippen molar-refractivity contribution in [1.82, 2.24) is 0 Å². The van der Waals surface area contributed by atoms with Gasteiger partial charge < -0.3 is 0 Å². The standard InChI is InChI=1S/C8HF17O3S/c9-1(6(18,19)20,7(21,22)23)2(10,11)3(12,13)4(14,15)5(16,17)8(24,25)29(26,27)28/h(H,26,27,28). The second-order valence-electron chi connectivity index (χ2n) is 4.94. The highest BCUT2D eigenvalue weighted by Gasteiger charge is 2.98. The summed E-state index contributed by atoms with van der Waals surface area (Å²) in [5.74, 6) is -35.3. The van der Waals surface area contributed by atoms with Gasteiger partial charge in [0.1, 0.15) is 0 Å². The number of halogens is 17. The van der Waals surface area contributed by atoms with Crippen LogP contribution in [0.25, 0.3) is 0 Å². The summed E-state index contributed by atoms with van der Waals surface area (Å²) in [7, 11) is -7.92. The van der Waals surface area contributed by atoms with E-state index < -0.39 is 57.1 Å². The topological polar surface area (TPSA) is 54.4 Å². The minimum absolute atomic E-state index is 7.67. The van der Waals surface area contributed by atoms with Crippen LogP contribution in [0.15, 0.2) is 0 Å². The van der Waals surface area contributed by atoms with Gasteiger partial charge in [-0.3, -0.25) is 4.55 Å². The molecule has 0 bridgehead atoms. The van der Waals surface area contributed by atoms with Gasteiger partial charge in [0.05, 0.1) is 0 Å². The molecule has 0 spiro atoms. The molecule has 0 saturated carbocycles. The van der Waals surface area contributed by atoms with Crippen molar-refractivity contribution < 1.29 is 87.6 Å². The van der Waals surface area contributed by atoms with E-state index in [9.17, 15) is 83.1 Å². The highest BCUT2D eigenvalue weighted by Crippen LogP contribution is 2.65. The Balaban J connectivity index is 7.12. The van der Waals surface area contributed by atoms with Crippen molar-refractivity contribution in [2.75, 3.05) is 0 Å². The summed E-state index contributed by atoms with van der Waals surface area (Å²) in [6, 6.07) is 0. The second-order valence-corrected chi connectivity index (χ2v) is 6.41. The lowest BCUT2D eigenvalue weighted by molar-refractivity contribution is -0.462. The molecule has 0 saturated heterocycles. The maximum Gasteiger partial charge on any atom is 0.438 e. The fourth-order valence-electron chi connectivity index (χ4n) is 1.47. The maximum absolute atomic E-state index is 13.1. The Labute approximate surface area is 146 Å². The summed E-state index contributed by atoms with van der Waals surface area (Å²) >= 11 is 0. The lowest BCUT2D eigenvalue weighted by atomic mass is 9.86. The molecule has 0 radical (unpaired) electrons. The van der Waals surface area contributed by atoms with E-state index in [2.05, 4.69) is 0 Å². The van der Waals surface area contributed by atoms with Crippen molar-refractivity contribution in [3.05, 3.63) is 0 Å². The normalized spacial score (nSPS) is 16.9. The highest BCUT2D eigenvalue weighted by molar-refractivity contribution is 7.87. The molecule has 0 fully saturated rings. The molecule has 0 aromatic carbocycles. The SMILES string of the molecule is O=S(=O)(O)C(F)(F)C(F)(F)C(F)(F)C(F)(F)C(F)(F)C(F)(C(F)(F)F)C(F)(F)F. The zero-order valence-electron chi connectivity index (χ0n) is 12.1. The van der Waals surface area contributed by atoms with Crippen LogP contribution in [-0.4, -0.2) is 59.9 Å². The summed E-state index contributed by atoms with van der Waals surface area (Å²) < 4.78 is 243. The monoisotopic (exact) mass is 500 g/mol. The van der Waals surface area contributed by atoms with Gasteiger partial charge >= 0.3 is 57.1 Å². The van der Waals surface area contributed by atoms with Crippen molar-refractivity contribution in [3.8, 4) is 0 Å². The predicted octanol–water partition coefficient (Wildman–Crippen LogP) is 4.84. The van der Waals surface area contributed by atoms with E-state index in [1.165, 1.54) is 0 Å². The fourth-order valence-corrected chi connectivity index (χ4v) is 1.92.